The van der Waals surface area contributed by atoms with Crippen LogP contribution in [0.1, 0.15) is 60.9 Å². The number of fused-ring (bicyclic) bond motifs is 1. The van der Waals surface area contributed by atoms with Crippen molar-refractivity contribution in [3.05, 3.63) is 40.8 Å². The fourth-order valence-corrected chi connectivity index (χ4v) is 6.82. The van der Waals surface area contributed by atoms with Gasteiger partial charge in [0.15, 0.2) is 0 Å². The lowest BCUT2D eigenvalue weighted by Crippen LogP contribution is -2.43. The quantitative estimate of drug-likeness (QED) is 0.593. The zero-order valence-electron chi connectivity index (χ0n) is 19.6. The molecule has 1 saturated heterocycles. The molecule has 4 heterocycles. The predicted octanol–water partition coefficient (Wildman–Crippen LogP) is 3.32. The van der Waals surface area contributed by atoms with Crippen LogP contribution in [0, 0.1) is 17.2 Å². The number of aromatic nitrogens is 3. The minimum Gasteiger partial charge on any atom is -0.369 e. The molecule has 13 heteroatoms. The zero-order chi connectivity index (χ0) is 25.7. The largest absolute Gasteiger partial charge is 0.417 e. The number of hydrogen-bond donors (Lipinski definition) is 2. The summed E-state index contributed by atoms with van der Waals surface area (Å²) in [5, 5.41) is 15.6. The second-order valence-electron chi connectivity index (χ2n) is 9.61. The van der Waals surface area contributed by atoms with Gasteiger partial charge in [-0.2, -0.15) is 18.4 Å². The van der Waals surface area contributed by atoms with Gasteiger partial charge in [0, 0.05) is 43.4 Å². The molecule has 192 valence electrons. The van der Waals surface area contributed by atoms with E-state index in [1.807, 2.05) is 13.0 Å². The highest BCUT2D eigenvalue weighted by atomic mass is 32.2. The number of sulfonamides is 1. The fourth-order valence-electron chi connectivity index (χ4n) is 4.95. The lowest BCUT2D eigenvalue weighted by molar-refractivity contribution is -0.137. The minimum absolute atomic E-state index is 0.0657. The summed E-state index contributed by atoms with van der Waals surface area (Å²) in [5.41, 5.74) is -0.00318. The lowest BCUT2D eigenvalue weighted by Gasteiger charge is -2.34. The highest BCUT2D eigenvalue weighted by Gasteiger charge is 2.41. The molecular weight excluding hydrogens is 495 g/mol. The molecule has 9 nitrogen and oxygen atoms in total. The van der Waals surface area contributed by atoms with Crippen LogP contribution in [0.4, 0.5) is 24.9 Å². The van der Waals surface area contributed by atoms with Gasteiger partial charge in [-0.1, -0.05) is 0 Å². The van der Waals surface area contributed by atoms with Crippen molar-refractivity contribution in [3.63, 3.8) is 0 Å². The van der Waals surface area contributed by atoms with Crippen molar-refractivity contribution in [2.45, 2.75) is 56.0 Å². The van der Waals surface area contributed by atoms with E-state index in [-0.39, 0.29) is 35.3 Å². The fraction of sp³-hybridized carbons (Fsp3) is 0.565. The molecule has 2 aromatic rings. The van der Waals surface area contributed by atoms with Crippen LogP contribution < -0.4 is 10.6 Å². The summed E-state index contributed by atoms with van der Waals surface area (Å²) in [7, 11) is -3.18. The van der Waals surface area contributed by atoms with Crippen LogP contribution in [-0.2, 0) is 16.2 Å². The number of piperidine rings is 1. The summed E-state index contributed by atoms with van der Waals surface area (Å²) in [6.45, 7) is 3.20. The highest BCUT2D eigenvalue weighted by molar-refractivity contribution is 7.90. The molecule has 1 saturated carbocycles. The summed E-state index contributed by atoms with van der Waals surface area (Å²) in [6, 6.07) is 3.02. The van der Waals surface area contributed by atoms with Gasteiger partial charge in [0.05, 0.1) is 28.3 Å². The summed E-state index contributed by atoms with van der Waals surface area (Å²) in [6.07, 6.45) is 0.523. The van der Waals surface area contributed by atoms with Crippen LogP contribution in [0.3, 0.4) is 0 Å². The van der Waals surface area contributed by atoms with Gasteiger partial charge in [0.25, 0.3) is 0 Å². The Kier molecular flexibility index (Phi) is 6.28. The maximum absolute atomic E-state index is 13.3. The van der Waals surface area contributed by atoms with Crippen LogP contribution in [0.15, 0.2) is 18.5 Å². The van der Waals surface area contributed by atoms with E-state index in [9.17, 15) is 26.9 Å². The van der Waals surface area contributed by atoms with Gasteiger partial charge in [0.1, 0.15) is 11.9 Å². The number of anilines is 2. The van der Waals surface area contributed by atoms with E-state index in [0.29, 0.717) is 43.0 Å². The molecule has 2 unspecified atom stereocenters. The molecule has 2 N–H and O–H groups in total. The molecule has 2 fully saturated rings. The van der Waals surface area contributed by atoms with E-state index in [0.717, 1.165) is 25.1 Å². The van der Waals surface area contributed by atoms with Crippen LogP contribution >= 0.6 is 0 Å². The molecular formula is C23H26F3N7O2S. The van der Waals surface area contributed by atoms with Gasteiger partial charge in [-0.15, -0.1) is 0 Å². The molecule has 36 heavy (non-hydrogen) atoms. The van der Waals surface area contributed by atoms with Gasteiger partial charge in [-0.25, -0.2) is 27.7 Å². The van der Waals surface area contributed by atoms with Gasteiger partial charge in [-0.05, 0) is 44.6 Å². The molecule has 0 radical (unpaired) electrons. The Bertz CT molecular complexity index is 1300. The number of alkyl halides is 3. The van der Waals surface area contributed by atoms with Crippen LogP contribution in [0.2, 0.25) is 0 Å². The van der Waals surface area contributed by atoms with Crippen LogP contribution in [0.25, 0.3) is 0 Å². The van der Waals surface area contributed by atoms with Crippen molar-refractivity contribution in [1.29, 1.82) is 5.26 Å². The first-order chi connectivity index (χ1) is 17.1. The van der Waals surface area contributed by atoms with Crippen LogP contribution in [-0.4, -0.2) is 58.6 Å². The van der Waals surface area contributed by atoms with Crippen molar-refractivity contribution in [2.75, 3.05) is 30.3 Å². The maximum atomic E-state index is 13.3. The Morgan fingerprint density at radius 3 is 2.56 bits per heavy atom. The van der Waals surface area contributed by atoms with Crippen molar-refractivity contribution in [2.24, 2.45) is 5.92 Å². The Labute approximate surface area is 207 Å². The van der Waals surface area contributed by atoms with Crippen molar-refractivity contribution in [1.82, 2.24) is 19.3 Å². The normalized spacial score (nSPS) is 21.9. The monoisotopic (exact) mass is 521 g/mol. The predicted molar refractivity (Wildman–Crippen MR) is 126 cm³/mol. The van der Waals surface area contributed by atoms with Crippen molar-refractivity contribution in [3.8, 4) is 6.07 Å². The van der Waals surface area contributed by atoms with Gasteiger partial charge in [0.2, 0.25) is 16.0 Å². The van der Waals surface area contributed by atoms with Gasteiger partial charge < -0.3 is 10.6 Å². The topological polar surface area (TPSA) is 124 Å². The molecule has 1 aliphatic carbocycles. The first-order valence-corrected chi connectivity index (χ1v) is 13.4. The standard InChI is InChI=1S/C23H26F3N7O2S/c1-13(14-4-6-33(7-5-14)36(34,35)17-2-3-17)31-22-30-10-15(9-27)20(32-22)19-12-29-21-18(19)8-16(11-28-21)23(24,25)26/h8,10-11,13-14,17,19H,2-7,12H2,1H3,(H,28,29)(H,30,31,32). The Hall–Kier alpha value is -2.98. The number of nitriles is 1. The molecule has 2 atom stereocenters. The summed E-state index contributed by atoms with van der Waals surface area (Å²) >= 11 is 0. The molecule has 5 rings (SSSR count). The molecule has 0 aromatic carbocycles. The SMILES string of the molecule is CC(Nc1ncc(C#N)c(C2CNc3ncc(C(F)(F)F)cc32)n1)C1CCN(S(=O)(=O)C2CC2)CC1. The van der Waals surface area contributed by atoms with E-state index >= 15 is 0 Å². The smallest absolute Gasteiger partial charge is 0.369 e. The summed E-state index contributed by atoms with van der Waals surface area (Å²) in [5.74, 6) is 0.231. The van der Waals surface area contributed by atoms with Crippen molar-refractivity contribution >= 4 is 21.8 Å². The Balaban J connectivity index is 1.32. The third-order valence-electron chi connectivity index (χ3n) is 7.23. The van der Waals surface area contributed by atoms with E-state index in [1.165, 1.54) is 6.20 Å². The number of pyridine rings is 1. The number of nitrogens with one attached hydrogen (secondary N) is 2. The Morgan fingerprint density at radius 2 is 1.92 bits per heavy atom. The molecule has 3 aliphatic rings. The summed E-state index contributed by atoms with van der Waals surface area (Å²) < 4.78 is 66.4. The molecule has 2 aliphatic heterocycles. The highest BCUT2D eigenvalue weighted by Crippen LogP contribution is 2.39. The molecule has 2 aromatic heterocycles. The first kappa shape index (κ1) is 24.7. The third kappa shape index (κ3) is 4.71. The Morgan fingerprint density at radius 1 is 1.19 bits per heavy atom. The minimum atomic E-state index is -4.53. The molecule has 0 bridgehead atoms. The van der Waals surface area contributed by atoms with Gasteiger partial charge in [-0.3, -0.25) is 0 Å². The van der Waals surface area contributed by atoms with E-state index in [4.69, 9.17) is 0 Å². The van der Waals surface area contributed by atoms with E-state index in [2.05, 4.69) is 25.6 Å². The van der Waals surface area contributed by atoms with Gasteiger partial charge >= 0.3 is 6.18 Å². The average Bonchev–Trinajstić information content (AvgIpc) is 3.64. The molecule has 0 spiro atoms. The molecule has 0 amide bonds. The average molecular weight is 522 g/mol. The number of hydrogen-bond acceptors (Lipinski definition) is 8. The zero-order valence-corrected chi connectivity index (χ0v) is 20.4. The van der Waals surface area contributed by atoms with E-state index in [1.54, 1.807) is 4.31 Å². The number of halogens is 3. The first-order valence-electron chi connectivity index (χ1n) is 11.9. The van der Waals surface area contributed by atoms with Crippen molar-refractivity contribution < 1.29 is 21.6 Å². The number of rotatable bonds is 6. The second kappa shape index (κ2) is 9.15. The van der Waals surface area contributed by atoms with Crippen LogP contribution in [0.5, 0.6) is 0 Å². The van der Waals surface area contributed by atoms with E-state index < -0.39 is 27.7 Å². The maximum Gasteiger partial charge on any atom is 0.417 e. The summed E-state index contributed by atoms with van der Waals surface area (Å²) in [4.78, 5) is 12.7. The lowest BCUT2D eigenvalue weighted by atomic mass is 9.91. The third-order valence-corrected chi connectivity index (χ3v) is 9.63. The number of nitrogens with zero attached hydrogens (tertiary/aromatic N) is 5. The second-order valence-corrected chi connectivity index (χ2v) is 11.8.